The highest BCUT2D eigenvalue weighted by molar-refractivity contribution is 5.94. The Kier molecular flexibility index (Phi) is 7.00. The summed E-state index contributed by atoms with van der Waals surface area (Å²) in [5, 5.41) is 5.09. The van der Waals surface area contributed by atoms with E-state index in [1.165, 1.54) is 12.6 Å². The quantitative estimate of drug-likeness (QED) is 0.270. The molecule has 0 saturated heterocycles. The maximum Gasteiger partial charge on any atom is 0.165 e. The Bertz CT molecular complexity index is 1340. The number of benzene rings is 3. The molecule has 1 heterocycles. The number of nitrogens with one attached hydrogen (secondary N) is 1. The van der Waals surface area contributed by atoms with E-state index in [-0.39, 0.29) is 0 Å². The van der Waals surface area contributed by atoms with E-state index in [2.05, 4.69) is 20.3 Å². The highest BCUT2D eigenvalue weighted by atomic mass is 19.1. The van der Waals surface area contributed by atoms with E-state index < -0.39 is 5.83 Å². The number of nitrogens with zero attached hydrogens (tertiary/aromatic N) is 3. The molecule has 0 spiro atoms. The van der Waals surface area contributed by atoms with E-state index in [9.17, 15) is 0 Å². The molecule has 0 aliphatic rings. The minimum absolute atomic E-state index is 0.332. The van der Waals surface area contributed by atoms with Crippen molar-refractivity contribution in [3.05, 3.63) is 108 Å². The third-order valence-electron chi connectivity index (χ3n) is 5.28. The van der Waals surface area contributed by atoms with Crippen LogP contribution < -0.4 is 5.32 Å². The van der Waals surface area contributed by atoms with Gasteiger partial charge in [0.2, 0.25) is 0 Å². The number of hydrogen-bond acceptors (Lipinski definition) is 3. The Balaban J connectivity index is 1.53. The second kappa shape index (κ2) is 10.5. The van der Waals surface area contributed by atoms with Gasteiger partial charge in [-0.3, -0.25) is 15.0 Å². The first kappa shape index (κ1) is 22.1. The minimum Gasteiger partial charge on any atom is -0.344 e. The summed E-state index contributed by atoms with van der Waals surface area (Å²) in [5.74, 6) is -0.450. The van der Waals surface area contributed by atoms with Crippen LogP contribution in [0.4, 0.5) is 4.39 Å². The standard InChI is InChI=1S/C28H25FN4/c1-20-15-25(13-14-32-20)23-9-7-21(8-10-23)17-31-18-27(29)28(33-19-30-2)26-12-11-22-5-3-4-6-24(22)16-26/h3-16,18-19H,17H2,1-2H3,(H,30,33). The molecule has 4 aromatic rings. The maximum absolute atomic E-state index is 15.1. The molecule has 0 unspecified atom stereocenters. The van der Waals surface area contributed by atoms with Crippen LogP contribution >= 0.6 is 0 Å². The smallest absolute Gasteiger partial charge is 0.165 e. The van der Waals surface area contributed by atoms with Crippen LogP contribution in [0.25, 0.3) is 27.6 Å². The molecule has 0 amide bonds. The summed E-state index contributed by atoms with van der Waals surface area (Å²) in [5.41, 5.74) is 5.28. The van der Waals surface area contributed by atoms with Gasteiger partial charge in [0.15, 0.2) is 5.83 Å². The molecule has 33 heavy (non-hydrogen) atoms. The molecule has 0 radical (unpaired) electrons. The zero-order chi connectivity index (χ0) is 23.0. The summed E-state index contributed by atoms with van der Waals surface area (Å²) in [6.45, 7) is 2.36. The van der Waals surface area contributed by atoms with E-state index in [1.54, 1.807) is 7.05 Å². The van der Waals surface area contributed by atoms with Gasteiger partial charge < -0.3 is 5.32 Å². The zero-order valence-electron chi connectivity index (χ0n) is 18.7. The van der Waals surface area contributed by atoms with Crippen molar-refractivity contribution in [1.29, 1.82) is 0 Å². The lowest BCUT2D eigenvalue weighted by molar-refractivity contribution is 0.684. The van der Waals surface area contributed by atoms with Gasteiger partial charge in [-0.2, -0.15) is 0 Å². The van der Waals surface area contributed by atoms with Gasteiger partial charge in [0, 0.05) is 24.5 Å². The highest BCUT2D eigenvalue weighted by Crippen LogP contribution is 2.23. The van der Waals surface area contributed by atoms with Gasteiger partial charge in [0.1, 0.15) is 0 Å². The number of halogens is 1. The van der Waals surface area contributed by atoms with Gasteiger partial charge in [0.05, 0.1) is 24.8 Å². The van der Waals surface area contributed by atoms with Crippen molar-refractivity contribution in [2.24, 2.45) is 9.98 Å². The van der Waals surface area contributed by atoms with Crippen LogP contribution in [-0.2, 0) is 6.54 Å². The van der Waals surface area contributed by atoms with Gasteiger partial charge in [-0.05, 0) is 52.6 Å². The van der Waals surface area contributed by atoms with Crippen LogP contribution in [-0.4, -0.2) is 24.6 Å². The Labute approximate surface area is 193 Å². The Morgan fingerprint density at radius 3 is 2.48 bits per heavy atom. The van der Waals surface area contributed by atoms with E-state index in [1.807, 2.05) is 92.0 Å². The van der Waals surface area contributed by atoms with E-state index in [4.69, 9.17) is 0 Å². The molecule has 0 aliphatic carbocycles. The number of hydrogen-bond donors (Lipinski definition) is 1. The maximum atomic E-state index is 15.1. The Morgan fingerprint density at radius 2 is 1.73 bits per heavy atom. The molecule has 5 heteroatoms. The average molecular weight is 437 g/mol. The molecule has 0 atom stereocenters. The zero-order valence-corrected chi connectivity index (χ0v) is 18.7. The van der Waals surface area contributed by atoms with Crippen molar-refractivity contribution >= 4 is 29.0 Å². The van der Waals surface area contributed by atoms with Crippen molar-refractivity contribution in [1.82, 2.24) is 10.3 Å². The van der Waals surface area contributed by atoms with Crippen LogP contribution in [0.5, 0.6) is 0 Å². The summed E-state index contributed by atoms with van der Waals surface area (Å²) in [4.78, 5) is 12.5. The molecule has 4 nitrogen and oxygen atoms in total. The van der Waals surface area contributed by atoms with Crippen molar-refractivity contribution in [2.45, 2.75) is 13.5 Å². The molecule has 1 aromatic heterocycles. The summed E-state index contributed by atoms with van der Waals surface area (Å²) in [7, 11) is 1.63. The largest absolute Gasteiger partial charge is 0.344 e. The third-order valence-corrected chi connectivity index (χ3v) is 5.28. The Morgan fingerprint density at radius 1 is 0.939 bits per heavy atom. The number of aromatic nitrogens is 1. The van der Waals surface area contributed by atoms with Gasteiger partial charge in [-0.25, -0.2) is 4.39 Å². The van der Waals surface area contributed by atoms with E-state index in [0.717, 1.165) is 38.7 Å². The number of aliphatic imine (C=N–C) groups is 2. The molecular formula is C28H25FN4. The second-order valence-corrected chi connectivity index (χ2v) is 7.67. The van der Waals surface area contributed by atoms with E-state index >= 15 is 4.39 Å². The second-order valence-electron chi connectivity index (χ2n) is 7.67. The number of fused-ring (bicyclic) bond motifs is 1. The van der Waals surface area contributed by atoms with Crippen molar-refractivity contribution in [3.8, 4) is 11.1 Å². The topological polar surface area (TPSA) is 49.6 Å². The molecule has 0 bridgehead atoms. The lowest BCUT2D eigenvalue weighted by atomic mass is 10.0. The van der Waals surface area contributed by atoms with Crippen LogP contribution in [0.15, 0.2) is 101 Å². The van der Waals surface area contributed by atoms with Crippen molar-refractivity contribution in [2.75, 3.05) is 7.05 Å². The van der Waals surface area contributed by atoms with Gasteiger partial charge in [0.25, 0.3) is 0 Å². The molecule has 0 saturated carbocycles. The first-order valence-electron chi connectivity index (χ1n) is 10.7. The van der Waals surface area contributed by atoms with Crippen molar-refractivity contribution < 1.29 is 4.39 Å². The van der Waals surface area contributed by atoms with Gasteiger partial charge in [-0.15, -0.1) is 0 Å². The molecule has 0 aliphatic heterocycles. The van der Waals surface area contributed by atoms with E-state index in [0.29, 0.717) is 12.2 Å². The SMILES string of the molecule is CN=CNC(=C(F)C=NCc1ccc(-c2ccnc(C)c2)cc1)c1ccc2ccccc2c1. The number of aryl methyl sites for hydroxylation is 1. The van der Waals surface area contributed by atoms with Crippen LogP contribution in [0.2, 0.25) is 0 Å². The summed E-state index contributed by atoms with van der Waals surface area (Å²) in [6.07, 6.45) is 4.54. The first-order chi connectivity index (χ1) is 16.1. The molecule has 4 rings (SSSR count). The normalized spacial score (nSPS) is 12.5. The molecule has 164 valence electrons. The van der Waals surface area contributed by atoms with Crippen LogP contribution in [0.3, 0.4) is 0 Å². The fraction of sp³-hybridized carbons (Fsp3) is 0.107. The molecule has 1 N–H and O–H groups in total. The predicted molar refractivity (Wildman–Crippen MR) is 136 cm³/mol. The van der Waals surface area contributed by atoms with Gasteiger partial charge in [-0.1, -0.05) is 60.7 Å². The Hall–Kier alpha value is -4.12. The minimum atomic E-state index is -0.450. The summed E-state index contributed by atoms with van der Waals surface area (Å²) < 4.78 is 15.1. The van der Waals surface area contributed by atoms with Gasteiger partial charge >= 0.3 is 0 Å². The number of pyridine rings is 1. The highest BCUT2D eigenvalue weighted by Gasteiger charge is 2.08. The number of allylic oxidation sites excluding steroid dienone is 1. The van der Waals surface area contributed by atoms with Crippen LogP contribution in [0, 0.1) is 6.92 Å². The van der Waals surface area contributed by atoms with Crippen molar-refractivity contribution in [3.63, 3.8) is 0 Å². The monoisotopic (exact) mass is 436 g/mol. The molecule has 3 aromatic carbocycles. The summed E-state index contributed by atoms with van der Waals surface area (Å²) in [6, 6.07) is 26.0. The third kappa shape index (κ3) is 5.57. The molecular weight excluding hydrogens is 411 g/mol. The predicted octanol–water partition coefficient (Wildman–Crippen LogP) is 6.37. The van der Waals surface area contributed by atoms with Crippen LogP contribution in [0.1, 0.15) is 16.8 Å². The summed E-state index contributed by atoms with van der Waals surface area (Å²) >= 11 is 0. The fourth-order valence-electron chi connectivity index (χ4n) is 3.59. The fourth-order valence-corrected chi connectivity index (χ4v) is 3.59. The first-order valence-corrected chi connectivity index (χ1v) is 10.7. The number of rotatable bonds is 7. The lowest BCUT2D eigenvalue weighted by Gasteiger charge is -2.09. The lowest BCUT2D eigenvalue weighted by Crippen LogP contribution is -2.11. The molecule has 0 fully saturated rings. The average Bonchev–Trinajstić information content (AvgIpc) is 2.84.